The quantitative estimate of drug-likeness (QED) is 0.273. The second-order valence-electron chi connectivity index (χ2n) is 7.30. The van der Waals surface area contributed by atoms with Crippen molar-refractivity contribution in [3.05, 3.63) is 99.6 Å². The van der Waals surface area contributed by atoms with Crippen LogP contribution in [0.5, 0.6) is 5.75 Å². The Morgan fingerprint density at radius 1 is 1.03 bits per heavy atom. The number of ketones is 1. The highest BCUT2D eigenvalue weighted by atomic mass is 35.5. The van der Waals surface area contributed by atoms with Crippen LogP contribution in [0.1, 0.15) is 22.0 Å². The van der Waals surface area contributed by atoms with Crippen molar-refractivity contribution >= 4 is 34.0 Å². The van der Waals surface area contributed by atoms with Crippen molar-refractivity contribution in [2.45, 2.75) is 6.04 Å². The van der Waals surface area contributed by atoms with Gasteiger partial charge < -0.3 is 14.4 Å². The summed E-state index contributed by atoms with van der Waals surface area (Å²) in [7, 11) is 3.79. The number of aromatic nitrogens is 1. The predicted molar refractivity (Wildman–Crippen MR) is 117 cm³/mol. The van der Waals surface area contributed by atoms with E-state index in [2.05, 4.69) is 0 Å². The first kappa shape index (κ1) is 20.6. The summed E-state index contributed by atoms with van der Waals surface area (Å²) in [5, 5.41) is 14.0. The van der Waals surface area contributed by atoms with E-state index in [-0.39, 0.29) is 16.5 Å². The first-order valence-electron chi connectivity index (χ1n) is 9.57. The molecule has 2 heterocycles. The van der Waals surface area contributed by atoms with E-state index in [0.717, 1.165) is 5.69 Å². The molecule has 0 bridgehead atoms. The molecule has 0 radical (unpaired) electrons. The Balaban J connectivity index is 1.94. The number of hydrogen-bond donors (Lipinski definition) is 0. The lowest BCUT2D eigenvalue weighted by Gasteiger charge is -2.19. The molecule has 6 nitrogen and oxygen atoms in total. The third-order valence-corrected chi connectivity index (χ3v) is 5.35. The summed E-state index contributed by atoms with van der Waals surface area (Å²) in [6.45, 7) is 0. The number of hydrogen-bond acceptors (Lipinski definition) is 5. The van der Waals surface area contributed by atoms with E-state index in [1.165, 1.54) is 0 Å². The van der Waals surface area contributed by atoms with E-state index in [1.54, 1.807) is 77.6 Å². The molecule has 1 atom stereocenters. The molecule has 0 fully saturated rings. The van der Waals surface area contributed by atoms with Crippen LogP contribution in [0, 0.1) is 0 Å². The third kappa shape index (κ3) is 3.90. The molecule has 7 heteroatoms. The zero-order valence-electron chi connectivity index (χ0n) is 16.9. The molecule has 31 heavy (non-hydrogen) atoms. The average molecular weight is 435 g/mol. The van der Waals surface area contributed by atoms with Crippen LogP contribution in [0.4, 0.5) is 5.69 Å². The number of halogens is 1. The van der Waals surface area contributed by atoms with Gasteiger partial charge in [0.1, 0.15) is 11.1 Å². The minimum Gasteiger partial charge on any atom is -0.871 e. The third-order valence-electron chi connectivity index (χ3n) is 5.10. The molecular weight excluding hydrogens is 416 g/mol. The number of benzene rings is 2. The van der Waals surface area contributed by atoms with Crippen LogP contribution < -0.4 is 20.2 Å². The van der Waals surface area contributed by atoms with Crippen molar-refractivity contribution in [2.24, 2.45) is 0 Å². The average Bonchev–Trinajstić information content (AvgIpc) is 2.77. The summed E-state index contributed by atoms with van der Waals surface area (Å²) in [6, 6.07) is 15.2. The Hall–Kier alpha value is -3.64. The zero-order valence-corrected chi connectivity index (χ0v) is 17.7. The molecule has 0 saturated heterocycles. The number of Topliss-reactive ketones (excluding diaryl/α,β-unsaturated/α-hetero) is 1. The number of para-hydroxylation sites is 1. The van der Waals surface area contributed by atoms with Gasteiger partial charge in [0.05, 0.1) is 0 Å². The van der Waals surface area contributed by atoms with E-state index < -0.39 is 23.2 Å². The number of carbonyl (C=O) groups is 1. The Morgan fingerprint density at radius 3 is 2.32 bits per heavy atom. The number of carbonyl (C=O) groups excluding carboxylic acids is 1. The van der Waals surface area contributed by atoms with Crippen molar-refractivity contribution in [1.82, 2.24) is 0 Å². The summed E-state index contributed by atoms with van der Waals surface area (Å²) < 4.78 is 6.94. The predicted octanol–water partition coefficient (Wildman–Crippen LogP) is 3.35. The molecule has 1 unspecified atom stereocenters. The second-order valence-corrected chi connectivity index (χ2v) is 7.74. The number of fused-ring (bicyclic) bond motifs is 1. The van der Waals surface area contributed by atoms with E-state index >= 15 is 0 Å². The molecule has 4 rings (SSSR count). The maximum atomic E-state index is 13.5. The second kappa shape index (κ2) is 8.24. The molecule has 0 amide bonds. The minimum atomic E-state index is -1.19. The minimum absolute atomic E-state index is 0.187. The van der Waals surface area contributed by atoms with Crippen LogP contribution in [0.3, 0.4) is 0 Å². The lowest BCUT2D eigenvalue weighted by atomic mass is 9.96. The van der Waals surface area contributed by atoms with Crippen molar-refractivity contribution in [3.63, 3.8) is 0 Å². The Labute approximate surface area is 183 Å². The van der Waals surface area contributed by atoms with Gasteiger partial charge in [0.25, 0.3) is 6.04 Å². The highest BCUT2D eigenvalue weighted by Crippen LogP contribution is 2.29. The Morgan fingerprint density at radius 2 is 1.68 bits per heavy atom. The van der Waals surface area contributed by atoms with Gasteiger partial charge in [-0.15, -0.1) is 0 Å². The van der Waals surface area contributed by atoms with Gasteiger partial charge >= 0.3 is 5.63 Å². The lowest BCUT2D eigenvalue weighted by Crippen LogP contribution is -2.46. The summed E-state index contributed by atoms with van der Waals surface area (Å²) in [4.78, 5) is 28.3. The summed E-state index contributed by atoms with van der Waals surface area (Å²) in [6.07, 6.45) is 3.34. The van der Waals surface area contributed by atoms with Gasteiger partial charge in [0.15, 0.2) is 12.4 Å². The number of rotatable bonds is 5. The molecule has 156 valence electrons. The smallest absolute Gasteiger partial charge is 0.346 e. The van der Waals surface area contributed by atoms with Gasteiger partial charge in [-0.05, 0) is 30.3 Å². The molecule has 2 aromatic carbocycles. The van der Waals surface area contributed by atoms with Gasteiger partial charge in [0, 0.05) is 47.9 Å². The molecule has 4 aromatic rings. The normalized spacial score (nSPS) is 12.0. The number of nitrogens with zero attached hydrogens (tertiary/aromatic N) is 2. The molecule has 0 aliphatic rings. The van der Waals surface area contributed by atoms with Gasteiger partial charge in [0.2, 0.25) is 5.78 Å². The molecule has 2 aromatic heterocycles. The van der Waals surface area contributed by atoms with Crippen molar-refractivity contribution in [3.8, 4) is 5.75 Å². The van der Waals surface area contributed by atoms with E-state index in [9.17, 15) is 14.7 Å². The molecule has 0 N–H and O–H groups in total. The van der Waals surface area contributed by atoms with Crippen molar-refractivity contribution in [2.75, 3.05) is 19.0 Å². The molecule has 0 aliphatic heterocycles. The van der Waals surface area contributed by atoms with Gasteiger partial charge in [-0.25, -0.2) is 4.79 Å². The van der Waals surface area contributed by atoms with Crippen LogP contribution in [-0.2, 0) is 0 Å². The highest BCUT2D eigenvalue weighted by molar-refractivity contribution is 6.30. The number of anilines is 1. The fourth-order valence-electron chi connectivity index (χ4n) is 3.46. The fraction of sp³-hybridized carbons (Fsp3) is 0.125. The first-order valence-corrected chi connectivity index (χ1v) is 9.95. The summed E-state index contributed by atoms with van der Waals surface area (Å²) >= 11 is 5.96. The van der Waals surface area contributed by atoms with Gasteiger partial charge in [-0.2, -0.15) is 4.57 Å². The molecular formula is C24H19ClN2O4. The number of pyridine rings is 1. The van der Waals surface area contributed by atoms with Crippen LogP contribution in [0.25, 0.3) is 11.0 Å². The van der Waals surface area contributed by atoms with Crippen LogP contribution in [0.2, 0.25) is 5.02 Å². The Kier molecular flexibility index (Phi) is 5.48. The van der Waals surface area contributed by atoms with Crippen LogP contribution in [0.15, 0.2) is 82.3 Å². The molecule has 0 saturated carbocycles. The maximum Gasteiger partial charge on any atom is 0.346 e. The van der Waals surface area contributed by atoms with Gasteiger partial charge in [-0.1, -0.05) is 35.5 Å². The topological polar surface area (TPSA) is 77.5 Å². The van der Waals surface area contributed by atoms with Crippen LogP contribution in [-0.4, -0.2) is 19.9 Å². The van der Waals surface area contributed by atoms with E-state index in [1.807, 2.05) is 19.0 Å². The SMILES string of the molecule is CN(C)c1cc[n+](C(C(=O)c2ccc(Cl)cc2)c2c([O-])c3ccccc3oc2=O)cc1. The fourth-order valence-corrected chi connectivity index (χ4v) is 3.59. The highest BCUT2D eigenvalue weighted by Gasteiger charge is 2.35. The molecule has 0 spiro atoms. The van der Waals surface area contributed by atoms with E-state index in [0.29, 0.717) is 10.6 Å². The first-order chi connectivity index (χ1) is 14.9. The van der Waals surface area contributed by atoms with Crippen molar-refractivity contribution < 1.29 is 18.9 Å². The Bertz CT molecular complexity index is 1310. The van der Waals surface area contributed by atoms with Crippen LogP contribution >= 0.6 is 11.6 Å². The van der Waals surface area contributed by atoms with E-state index in [4.69, 9.17) is 16.0 Å². The maximum absolute atomic E-state index is 13.5. The monoisotopic (exact) mass is 434 g/mol. The standard InChI is InChI=1S/C24H19ClN2O4/c1-26(2)17-11-13-27(14-12-17)21(22(28)15-7-9-16(25)10-8-15)20-23(29)18-5-3-4-6-19(18)31-24(20)30/h3-14,21H,1-2H3. The lowest BCUT2D eigenvalue weighted by molar-refractivity contribution is -0.699. The molecule has 0 aliphatic carbocycles. The van der Waals surface area contributed by atoms with Gasteiger partial charge in [-0.3, -0.25) is 4.79 Å². The summed E-state index contributed by atoms with van der Waals surface area (Å²) in [5.74, 6) is -0.942. The zero-order chi connectivity index (χ0) is 22.1. The summed E-state index contributed by atoms with van der Waals surface area (Å²) in [5.41, 5.74) is 0.348. The largest absolute Gasteiger partial charge is 0.871 e. The van der Waals surface area contributed by atoms with Crippen molar-refractivity contribution in [1.29, 1.82) is 0 Å².